The number of aryl methyl sites for hydroxylation is 1. The van der Waals surface area contributed by atoms with Crippen LogP contribution < -0.4 is 14.8 Å². The predicted molar refractivity (Wildman–Crippen MR) is 141 cm³/mol. The van der Waals surface area contributed by atoms with Crippen LogP contribution in [0.2, 0.25) is 0 Å². The van der Waals surface area contributed by atoms with Gasteiger partial charge < -0.3 is 24.3 Å². The van der Waals surface area contributed by atoms with Crippen molar-refractivity contribution in [1.29, 1.82) is 0 Å². The van der Waals surface area contributed by atoms with Crippen molar-refractivity contribution in [3.63, 3.8) is 0 Å². The van der Waals surface area contributed by atoms with Gasteiger partial charge in [-0.15, -0.1) is 0 Å². The van der Waals surface area contributed by atoms with Gasteiger partial charge in [-0.1, -0.05) is 18.2 Å². The highest BCUT2D eigenvalue weighted by atomic mass is 32.1. The average molecular weight is 485 g/mol. The Bertz CT molecular complexity index is 1300. The van der Waals surface area contributed by atoms with E-state index in [1.165, 1.54) is 0 Å². The Balaban J connectivity index is 1.59. The summed E-state index contributed by atoms with van der Waals surface area (Å²) >= 11 is 5.88. The van der Waals surface area contributed by atoms with Crippen LogP contribution in [0.5, 0.6) is 11.5 Å². The summed E-state index contributed by atoms with van der Waals surface area (Å²) in [5.41, 5.74) is 5.47. The molecule has 2 atom stereocenters. The van der Waals surface area contributed by atoms with Crippen molar-refractivity contribution in [3.05, 3.63) is 108 Å². The molecule has 0 saturated carbocycles. The van der Waals surface area contributed by atoms with E-state index in [-0.39, 0.29) is 12.1 Å². The summed E-state index contributed by atoms with van der Waals surface area (Å²) in [7, 11) is 3.36. The maximum Gasteiger partial charge on any atom is 0.170 e. The number of hydrogen-bond acceptors (Lipinski definition) is 4. The molecule has 1 fully saturated rings. The van der Waals surface area contributed by atoms with E-state index in [2.05, 4.69) is 69.2 Å². The minimum atomic E-state index is -0.0896. The zero-order valence-corrected chi connectivity index (χ0v) is 20.8. The molecule has 5 rings (SSSR count). The maximum absolute atomic E-state index is 5.88. The monoisotopic (exact) mass is 484 g/mol. The van der Waals surface area contributed by atoms with E-state index in [1.807, 2.05) is 42.6 Å². The average Bonchev–Trinajstić information content (AvgIpc) is 3.44. The standard InChI is InChI=1S/C28H28N4O2S/c1-19-7-16-25(32(19)21-10-14-23(34-3)15-11-21)27-26(24-6-4-5-17-29-24)30-28(35)31(27)18-20-8-12-22(33-2)13-9-20/h4-17,26-27H,18H2,1-3H3,(H,30,35)/t26-,27-/m0/s1. The second-order valence-electron chi connectivity index (χ2n) is 8.54. The first kappa shape index (κ1) is 22.9. The number of methoxy groups -OCH3 is 2. The minimum Gasteiger partial charge on any atom is -0.497 e. The van der Waals surface area contributed by atoms with Crippen molar-refractivity contribution in [1.82, 2.24) is 19.8 Å². The smallest absolute Gasteiger partial charge is 0.170 e. The van der Waals surface area contributed by atoms with Gasteiger partial charge in [0.1, 0.15) is 11.5 Å². The van der Waals surface area contributed by atoms with Crippen molar-refractivity contribution in [2.75, 3.05) is 14.2 Å². The van der Waals surface area contributed by atoms with E-state index in [0.29, 0.717) is 11.7 Å². The van der Waals surface area contributed by atoms with E-state index in [0.717, 1.165) is 39.8 Å². The molecule has 2 aromatic carbocycles. The fourth-order valence-corrected chi connectivity index (χ4v) is 5.00. The molecule has 0 radical (unpaired) electrons. The van der Waals surface area contributed by atoms with Crippen molar-refractivity contribution >= 4 is 17.3 Å². The molecule has 2 aromatic heterocycles. The number of nitrogens with one attached hydrogen (secondary N) is 1. The first-order valence-electron chi connectivity index (χ1n) is 11.5. The molecule has 1 aliphatic heterocycles. The Morgan fingerprint density at radius 2 is 1.57 bits per heavy atom. The summed E-state index contributed by atoms with van der Waals surface area (Å²) in [5.74, 6) is 1.67. The summed E-state index contributed by atoms with van der Waals surface area (Å²) in [6.45, 7) is 2.79. The highest BCUT2D eigenvalue weighted by Gasteiger charge is 2.41. The molecule has 0 unspecified atom stereocenters. The van der Waals surface area contributed by atoms with E-state index in [9.17, 15) is 0 Å². The van der Waals surface area contributed by atoms with Crippen LogP contribution in [0.3, 0.4) is 0 Å². The lowest BCUT2D eigenvalue weighted by atomic mass is 10.0. The van der Waals surface area contributed by atoms with Gasteiger partial charge >= 0.3 is 0 Å². The number of rotatable bonds is 7. The zero-order valence-electron chi connectivity index (χ0n) is 20.0. The van der Waals surface area contributed by atoms with Crippen molar-refractivity contribution in [3.8, 4) is 17.2 Å². The first-order valence-corrected chi connectivity index (χ1v) is 11.9. The third kappa shape index (κ3) is 4.47. The molecule has 0 spiro atoms. The molecule has 7 heteroatoms. The number of thiocarbonyl (C=S) groups is 1. The highest BCUT2D eigenvalue weighted by molar-refractivity contribution is 7.80. The molecule has 35 heavy (non-hydrogen) atoms. The van der Waals surface area contributed by atoms with Crippen LogP contribution in [0.25, 0.3) is 5.69 Å². The van der Waals surface area contributed by atoms with E-state index >= 15 is 0 Å². The number of aromatic nitrogens is 2. The van der Waals surface area contributed by atoms with Crippen molar-refractivity contribution in [2.24, 2.45) is 0 Å². The second kappa shape index (κ2) is 9.80. The van der Waals surface area contributed by atoms with Gasteiger partial charge in [-0.05, 0) is 85.4 Å². The highest BCUT2D eigenvalue weighted by Crippen LogP contribution is 2.41. The van der Waals surface area contributed by atoms with Crippen LogP contribution in [-0.2, 0) is 6.54 Å². The van der Waals surface area contributed by atoms with Gasteiger partial charge in [-0.25, -0.2) is 0 Å². The topological polar surface area (TPSA) is 51.5 Å². The number of benzene rings is 2. The Morgan fingerprint density at radius 3 is 2.20 bits per heavy atom. The Morgan fingerprint density at radius 1 is 0.886 bits per heavy atom. The number of ether oxygens (including phenoxy) is 2. The summed E-state index contributed by atoms with van der Waals surface area (Å²) in [5, 5.41) is 4.26. The van der Waals surface area contributed by atoms with Gasteiger partial charge in [-0.2, -0.15) is 0 Å². The van der Waals surface area contributed by atoms with Crippen LogP contribution in [0, 0.1) is 6.92 Å². The summed E-state index contributed by atoms with van der Waals surface area (Å²) in [6.07, 6.45) is 1.83. The third-order valence-electron chi connectivity index (χ3n) is 6.45. The Labute approximate surface area is 211 Å². The van der Waals surface area contributed by atoms with E-state index in [1.54, 1.807) is 14.2 Å². The third-order valence-corrected chi connectivity index (χ3v) is 6.80. The van der Waals surface area contributed by atoms with E-state index in [4.69, 9.17) is 21.7 Å². The first-order chi connectivity index (χ1) is 17.1. The van der Waals surface area contributed by atoms with Gasteiger partial charge in [0.25, 0.3) is 0 Å². The number of pyridine rings is 1. The Kier molecular flexibility index (Phi) is 6.42. The fourth-order valence-electron chi connectivity index (χ4n) is 4.70. The molecule has 0 aliphatic carbocycles. The van der Waals surface area contributed by atoms with Crippen molar-refractivity contribution < 1.29 is 9.47 Å². The molecule has 0 amide bonds. The SMILES string of the molecule is COc1ccc(CN2C(=S)N[C@@H](c3ccccn3)[C@@H]2c2ccc(C)n2-c2ccc(OC)cc2)cc1. The van der Waals surface area contributed by atoms with Crippen LogP contribution in [0.1, 0.15) is 34.7 Å². The fraction of sp³-hybridized carbons (Fsp3) is 0.214. The number of hydrogen-bond donors (Lipinski definition) is 1. The normalized spacial score (nSPS) is 17.3. The van der Waals surface area contributed by atoms with Gasteiger partial charge in [0, 0.05) is 29.8 Å². The zero-order chi connectivity index (χ0) is 24.4. The van der Waals surface area contributed by atoms with Crippen LogP contribution in [0.15, 0.2) is 85.1 Å². The predicted octanol–water partition coefficient (Wildman–Crippen LogP) is 5.37. The van der Waals surface area contributed by atoms with Gasteiger partial charge in [-0.3, -0.25) is 4.98 Å². The maximum atomic E-state index is 5.88. The van der Waals surface area contributed by atoms with Crippen LogP contribution >= 0.6 is 12.2 Å². The lowest BCUT2D eigenvalue weighted by molar-refractivity contribution is 0.302. The summed E-state index contributed by atoms with van der Waals surface area (Å²) in [4.78, 5) is 6.93. The molecule has 1 saturated heterocycles. The lowest BCUT2D eigenvalue weighted by Gasteiger charge is -2.29. The van der Waals surface area contributed by atoms with Crippen LogP contribution in [0.4, 0.5) is 0 Å². The van der Waals surface area contributed by atoms with Gasteiger partial charge in [0.15, 0.2) is 5.11 Å². The molecular formula is C28H28N4O2S. The summed E-state index contributed by atoms with van der Waals surface area (Å²) < 4.78 is 13.0. The molecule has 0 bridgehead atoms. The summed E-state index contributed by atoms with van der Waals surface area (Å²) in [6, 6.07) is 26.5. The molecular weight excluding hydrogens is 456 g/mol. The molecule has 1 aliphatic rings. The van der Waals surface area contributed by atoms with Crippen LogP contribution in [-0.4, -0.2) is 33.8 Å². The number of nitrogens with zero attached hydrogens (tertiary/aromatic N) is 3. The Hall–Kier alpha value is -3.84. The molecule has 1 N–H and O–H groups in total. The van der Waals surface area contributed by atoms with Gasteiger partial charge in [0.2, 0.25) is 0 Å². The van der Waals surface area contributed by atoms with Gasteiger partial charge in [0.05, 0.1) is 32.0 Å². The molecule has 4 aromatic rings. The molecule has 3 heterocycles. The lowest BCUT2D eigenvalue weighted by Crippen LogP contribution is -2.30. The second-order valence-corrected chi connectivity index (χ2v) is 8.92. The largest absolute Gasteiger partial charge is 0.497 e. The molecule has 6 nitrogen and oxygen atoms in total. The molecule has 178 valence electrons. The van der Waals surface area contributed by atoms with E-state index < -0.39 is 0 Å². The van der Waals surface area contributed by atoms with Crippen molar-refractivity contribution in [2.45, 2.75) is 25.6 Å². The minimum absolute atomic E-state index is 0.0599. The quantitative estimate of drug-likeness (QED) is 0.356.